The minimum absolute atomic E-state index is 0.856. The summed E-state index contributed by atoms with van der Waals surface area (Å²) in [6.07, 6.45) is 6.78. The van der Waals surface area contributed by atoms with E-state index >= 15 is 0 Å². The average Bonchev–Trinajstić information content (AvgIpc) is 2.58. The first-order valence-corrected chi connectivity index (χ1v) is 7.72. The predicted octanol–water partition coefficient (Wildman–Crippen LogP) is 3.73. The molecule has 0 bridgehead atoms. The second kappa shape index (κ2) is 8.36. The third-order valence-electron chi connectivity index (χ3n) is 3.85. The van der Waals surface area contributed by atoms with E-state index in [2.05, 4.69) is 38.1 Å². The average molecular weight is 265 g/mol. The molecule has 0 amide bonds. The molecule has 3 heteroatoms. The summed E-state index contributed by atoms with van der Waals surface area (Å²) in [7, 11) is 2.01. The zero-order valence-electron chi connectivity index (χ0n) is 13.4. The Bertz CT molecular complexity index is 366. The van der Waals surface area contributed by atoms with Crippen LogP contribution in [0.25, 0.3) is 0 Å². The number of aryl methyl sites for hydroxylation is 2. The zero-order valence-corrected chi connectivity index (χ0v) is 13.4. The van der Waals surface area contributed by atoms with Crippen molar-refractivity contribution >= 4 is 0 Å². The van der Waals surface area contributed by atoms with Crippen molar-refractivity contribution in [3.05, 3.63) is 17.0 Å². The van der Waals surface area contributed by atoms with Crippen LogP contribution < -0.4 is 5.32 Å². The Morgan fingerprint density at radius 2 is 1.79 bits per heavy atom. The first-order chi connectivity index (χ1) is 9.02. The SMILES string of the molecule is Cc1nn(C)c(C)c1CNCCCCCCC(C)C. The maximum absolute atomic E-state index is 4.44. The molecule has 0 saturated heterocycles. The monoisotopic (exact) mass is 265 g/mol. The summed E-state index contributed by atoms with van der Waals surface area (Å²) >= 11 is 0. The number of hydrogen-bond acceptors (Lipinski definition) is 2. The Balaban J connectivity index is 2.08. The van der Waals surface area contributed by atoms with E-state index < -0.39 is 0 Å². The lowest BCUT2D eigenvalue weighted by Gasteiger charge is -2.06. The molecule has 3 nitrogen and oxygen atoms in total. The van der Waals surface area contributed by atoms with Gasteiger partial charge in [-0.25, -0.2) is 0 Å². The van der Waals surface area contributed by atoms with Crippen molar-refractivity contribution in [3.8, 4) is 0 Å². The van der Waals surface area contributed by atoms with E-state index in [9.17, 15) is 0 Å². The molecule has 110 valence electrons. The molecule has 0 aromatic carbocycles. The van der Waals surface area contributed by atoms with Gasteiger partial charge in [-0.05, 0) is 32.7 Å². The maximum Gasteiger partial charge on any atom is 0.0641 e. The van der Waals surface area contributed by atoms with Crippen LogP contribution in [-0.2, 0) is 13.6 Å². The Morgan fingerprint density at radius 1 is 1.11 bits per heavy atom. The predicted molar refractivity (Wildman–Crippen MR) is 82.3 cm³/mol. The molecule has 0 fully saturated rings. The van der Waals surface area contributed by atoms with Gasteiger partial charge in [0.05, 0.1) is 5.69 Å². The summed E-state index contributed by atoms with van der Waals surface area (Å²) in [5, 5.41) is 7.99. The molecule has 0 spiro atoms. The fourth-order valence-electron chi connectivity index (χ4n) is 2.44. The number of nitrogens with zero attached hydrogens (tertiary/aromatic N) is 2. The number of unbranched alkanes of at least 4 members (excludes halogenated alkanes) is 3. The quantitative estimate of drug-likeness (QED) is 0.689. The molecule has 1 heterocycles. The number of aromatic nitrogens is 2. The third kappa shape index (κ3) is 5.77. The van der Waals surface area contributed by atoms with Crippen LogP contribution in [0.4, 0.5) is 0 Å². The molecule has 0 saturated carbocycles. The molecule has 1 aromatic rings. The van der Waals surface area contributed by atoms with Gasteiger partial charge in [0, 0.05) is 24.8 Å². The van der Waals surface area contributed by atoms with E-state index in [0.29, 0.717) is 0 Å². The van der Waals surface area contributed by atoms with Crippen LogP contribution in [-0.4, -0.2) is 16.3 Å². The van der Waals surface area contributed by atoms with E-state index in [1.807, 2.05) is 11.7 Å². The summed E-state index contributed by atoms with van der Waals surface area (Å²) < 4.78 is 1.97. The van der Waals surface area contributed by atoms with Gasteiger partial charge >= 0.3 is 0 Å². The number of hydrogen-bond donors (Lipinski definition) is 1. The van der Waals surface area contributed by atoms with Crippen LogP contribution in [0, 0.1) is 19.8 Å². The zero-order chi connectivity index (χ0) is 14.3. The smallest absolute Gasteiger partial charge is 0.0641 e. The molecule has 19 heavy (non-hydrogen) atoms. The molecule has 0 aliphatic rings. The van der Waals surface area contributed by atoms with Crippen molar-refractivity contribution in [3.63, 3.8) is 0 Å². The van der Waals surface area contributed by atoms with Gasteiger partial charge in [-0.3, -0.25) is 4.68 Å². The van der Waals surface area contributed by atoms with E-state index in [0.717, 1.165) is 24.7 Å². The van der Waals surface area contributed by atoms with Crippen molar-refractivity contribution in [2.45, 2.75) is 66.3 Å². The second-order valence-electron chi connectivity index (χ2n) is 6.05. The van der Waals surface area contributed by atoms with Gasteiger partial charge in [0.2, 0.25) is 0 Å². The second-order valence-corrected chi connectivity index (χ2v) is 6.05. The van der Waals surface area contributed by atoms with Crippen molar-refractivity contribution in [2.75, 3.05) is 6.54 Å². The van der Waals surface area contributed by atoms with E-state index in [4.69, 9.17) is 0 Å². The van der Waals surface area contributed by atoms with Crippen LogP contribution in [0.3, 0.4) is 0 Å². The summed E-state index contributed by atoms with van der Waals surface area (Å²) in [6.45, 7) is 10.9. The molecule has 0 atom stereocenters. The molecule has 1 N–H and O–H groups in total. The lowest BCUT2D eigenvalue weighted by molar-refractivity contribution is 0.512. The van der Waals surface area contributed by atoms with Gasteiger partial charge in [0.15, 0.2) is 0 Å². The Labute approximate surface area is 118 Å². The van der Waals surface area contributed by atoms with Crippen molar-refractivity contribution in [1.29, 1.82) is 0 Å². The normalized spacial score (nSPS) is 11.5. The van der Waals surface area contributed by atoms with Crippen LogP contribution in [0.1, 0.15) is 62.9 Å². The van der Waals surface area contributed by atoms with Gasteiger partial charge in [-0.1, -0.05) is 39.5 Å². The topological polar surface area (TPSA) is 29.9 Å². The largest absolute Gasteiger partial charge is 0.313 e. The highest BCUT2D eigenvalue weighted by molar-refractivity contribution is 5.23. The molecular formula is C16H31N3. The van der Waals surface area contributed by atoms with Gasteiger partial charge in [-0.2, -0.15) is 5.10 Å². The van der Waals surface area contributed by atoms with Crippen molar-refractivity contribution < 1.29 is 0 Å². The minimum Gasteiger partial charge on any atom is -0.313 e. The fraction of sp³-hybridized carbons (Fsp3) is 0.812. The summed E-state index contributed by atoms with van der Waals surface area (Å²) in [5.41, 5.74) is 3.80. The van der Waals surface area contributed by atoms with E-state index in [1.54, 1.807) is 0 Å². The van der Waals surface area contributed by atoms with Crippen LogP contribution >= 0.6 is 0 Å². The van der Waals surface area contributed by atoms with Gasteiger partial charge in [0.25, 0.3) is 0 Å². The highest BCUT2D eigenvalue weighted by Crippen LogP contribution is 2.12. The van der Waals surface area contributed by atoms with E-state index in [1.165, 1.54) is 43.4 Å². The molecular weight excluding hydrogens is 234 g/mol. The number of rotatable bonds is 9. The van der Waals surface area contributed by atoms with E-state index in [-0.39, 0.29) is 0 Å². The molecule has 0 aliphatic heterocycles. The number of nitrogens with one attached hydrogen (secondary N) is 1. The highest BCUT2D eigenvalue weighted by Gasteiger charge is 2.07. The molecule has 1 rings (SSSR count). The fourth-order valence-corrected chi connectivity index (χ4v) is 2.44. The van der Waals surface area contributed by atoms with Crippen molar-refractivity contribution in [1.82, 2.24) is 15.1 Å². The first-order valence-electron chi connectivity index (χ1n) is 7.72. The summed E-state index contributed by atoms with van der Waals surface area (Å²) in [4.78, 5) is 0. The molecule has 1 aromatic heterocycles. The van der Waals surface area contributed by atoms with Crippen LogP contribution in [0.5, 0.6) is 0 Å². The Hall–Kier alpha value is -0.830. The molecule has 0 aliphatic carbocycles. The molecule has 0 unspecified atom stereocenters. The lowest BCUT2D eigenvalue weighted by Crippen LogP contribution is -2.15. The Morgan fingerprint density at radius 3 is 2.37 bits per heavy atom. The minimum atomic E-state index is 0.856. The third-order valence-corrected chi connectivity index (χ3v) is 3.85. The van der Waals surface area contributed by atoms with Gasteiger partial charge < -0.3 is 5.32 Å². The first kappa shape index (κ1) is 16.2. The Kier molecular flexibility index (Phi) is 7.14. The maximum atomic E-state index is 4.44. The van der Waals surface area contributed by atoms with Crippen molar-refractivity contribution in [2.24, 2.45) is 13.0 Å². The van der Waals surface area contributed by atoms with Crippen LogP contribution in [0.15, 0.2) is 0 Å². The van der Waals surface area contributed by atoms with Gasteiger partial charge in [-0.15, -0.1) is 0 Å². The lowest BCUT2D eigenvalue weighted by atomic mass is 10.0. The molecule has 0 radical (unpaired) electrons. The highest BCUT2D eigenvalue weighted by atomic mass is 15.3. The summed E-state index contributed by atoms with van der Waals surface area (Å²) in [5.74, 6) is 0.856. The standard InChI is InChI=1S/C16H31N3/c1-13(2)10-8-6-7-9-11-17-12-16-14(3)18-19(5)15(16)4/h13,17H,6-12H2,1-5H3. The van der Waals surface area contributed by atoms with Gasteiger partial charge in [0.1, 0.15) is 0 Å². The summed E-state index contributed by atoms with van der Waals surface area (Å²) in [6, 6.07) is 0. The van der Waals surface area contributed by atoms with Crippen LogP contribution in [0.2, 0.25) is 0 Å².